The van der Waals surface area contributed by atoms with Gasteiger partial charge in [-0.2, -0.15) is 13.2 Å². The third-order valence-electron chi connectivity index (χ3n) is 2.41. The van der Waals surface area contributed by atoms with Crippen molar-refractivity contribution < 1.29 is 18.0 Å². The van der Waals surface area contributed by atoms with Crippen molar-refractivity contribution in [3.05, 3.63) is 34.9 Å². The van der Waals surface area contributed by atoms with Crippen molar-refractivity contribution in [2.75, 3.05) is 13.6 Å². The number of carbonyl (C=O) groups is 1. The Hall–Kier alpha value is -1.36. The Morgan fingerprint density at radius 1 is 1.28 bits per heavy atom. The average Bonchev–Trinajstić information content (AvgIpc) is 2.13. The Kier molecular flexibility index (Phi) is 4.51. The molecule has 0 aromatic heterocycles. The average molecular weight is 259 g/mol. The van der Waals surface area contributed by atoms with Crippen LogP contribution in [0.25, 0.3) is 0 Å². The maximum atomic E-state index is 12.6. The van der Waals surface area contributed by atoms with Gasteiger partial charge >= 0.3 is 6.18 Å². The number of halogens is 3. The van der Waals surface area contributed by atoms with E-state index in [2.05, 4.69) is 0 Å². The zero-order chi connectivity index (χ0) is 13.9. The zero-order valence-corrected chi connectivity index (χ0v) is 10.6. The Balaban J connectivity index is 2.90. The van der Waals surface area contributed by atoms with Crippen LogP contribution >= 0.6 is 0 Å². The van der Waals surface area contributed by atoms with Crippen LogP contribution in [0.5, 0.6) is 0 Å². The molecule has 0 aliphatic carbocycles. The molecular weight excluding hydrogens is 243 g/mol. The molecule has 100 valence electrons. The van der Waals surface area contributed by atoms with Gasteiger partial charge in [-0.25, -0.2) is 0 Å². The van der Waals surface area contributed by atoms with Crippen LogP contribution in [-0.2, 0) is 17.5 Å². The Morgan fingerprint density at radius 3 is 2.39 bits per heavy atom. The molecule has 0 unspecified atom stereocenters. The van der Waals surface area contributed by atoms with Crippen LogP contribution in [0.1, 0.15) is 23.6 Å². The number of hydrogen-bond donors (Lipinski definition) is 0. The highest BCUT2D eigenvalue weighted by molar-refractivity contribution is 5.77. The number of alkyl halides is 3. The van der Waals surface area contributed by atoms with Crippen LogP contribution in [0.3, 0.4) is 0 Å². The fraction of sp³-hybridized carbons (Fsp3) is 0.462. The molecule has 0 saturated carbocycles. The fourth-order valence-electron chi connectivity index (χ4n) is 1.87. The van der Waals surface area contributed by atoms with E-state index in [4.69, 9.17) is 0 Å². The van der Waals surface area contributed by atoms with Gasteiger partial charge in [0.1, 0.15) is 5.78 Å². The minimum Gasteiger partial charge on any atom is -0.299 e. The molecule has 1 aromatic rings. The summed E-state index contributed by atoms with van der Waals surface area (Å²) in [6.07, 6.45) is -4.33. The predicted molar refractivity (Wildman–Crippen MR) is 63.2 cm³/mol. The van der Waals surface area contributed by atoms with Crippen LogP contribution in [0.4, 0.5) is 13.2 Å². The van der Waals surface area contributed by atoms with Crippen molar-refractivity contribution in [1.82, 2.24) is 4.90 Å². The number of hydrogen-bond acceptors (Lipinski definition) is 2. The minimum absolute atomic E-state index is 0.0128. The summed E-state index contributed by atoms with van der Waals surface area (Å²) in [6, 6.07) is 3.95. The maximum Gasteiger partial charge on any atom is 0.416 e. The first kappa shape index (κ1) is 14.7. The number of nitrogens with zero attached hydrogens (tertiary/aromatic N) is 1. The number of likely N-dealkylation sites (N-methyl/N-ethyl adjacent to an activating group) is 1. The Bertz CT molecular complexity index is 440. The van der Waals surface area contributed by atoms with E-state index in [0.29, 0.717) is 17.7 Å². The van der Waals surface area contributed by atoms with E-state index in [0.717, 1.165) is 12.1 Å². The SMILES string of the molecule is CC(=O)CN(C)Cc1cc(C)cc(C(F)(F)F)c1. The molecule has 2 nitrogen and oxygen atoms in total. The fourth-order valence-corrected chi connectivity index (χ4v) is 1.87. The summed E-state index contributed by atoms with van der Waals surface area (Å²) in [5.41, 5.74) is 0.482. The number of Topliss-reactive ketones (excluding diaryl/α,β-unsaturated/α-hetero) is 1. The molecular formula is C13H16F3NO. The molecule has 0 spiro atoms. The number of rotatable bonds is 4. The van der Waals surface area contributed by atoms with Gasteiger partial charge in [0.15, 0.2) is 0 Å². The number of benzene rings is 1. The highest BCUT2D eigenvalue weighted by Crippen LogP contribution is 2.30. The van der Waals surface area contributed by atoms with Crippen molar-refractivity contribution in [3.8, 4) is 0 Å². The second-order valence-corrected chi connectivity index (χ2v) is 4.58. The largest absolute Gasteiger partial charge is 0.416 e. The van der Waals surface area contributed by atoms with Gasteiger partial charge in [0.2, 0.25) is 0 Å². The van der Waals surface area contributed by atoms with Gasteiger partial charge in [0.05, 0.1) is 12.1 Å². The van der Waals surface area contributed by atoms with Gasteiger partial charge in [-0.1, -0.05) is 11.6 Å². The van der Waals surface area contributed by atoms with Crippen LogP contribution in [-0.4, -0.2) is 24.3 Å². The summed E-state index contributed by atoms with van der Waals surface area (Å²) >= 11 is 0. The Morgan fingerprint density at radius 2 is 1.89 bits per heavy atom. The van der Waals surface area contributed by atoms with Crippen LogP contribution in [0.2, 0.25) is 0 Å². The molecule has 5 heteroatoms. The van der Waals surface area contributed by atoms with Crippen molar-refractivity contribution in [1.29, 1.82) is 0 Å². The maximum absolute atomic E-state index is 12.6. The van der Waals surface area contributed by atoms with Gasteiger partial charge in [0.25, 0.3) is 0 Å². The monoisotopic (exact) mass is 259 g/mol. The summed E-state index contributed by atoms with van der Waals surface area (Å²) < 4.78 is 37.9. The molecule has 1 aromatic carbocycles. The molecule has 1 rings (SSSR count). The van der Waals surface area contributed by atoms with Crippen molar-refractivity contribution in [2.24, 2.45) is 0 Å². The molecule has 0 amide bonds. The van der Waals surface area contributed by atoms with Gasteiger partial charge in [-0.05, 0) is 38.6 Å². The van der Waals surface area contributed by atoms with Crippen LogP contribution in [0.15, 0.2) is 18.2 Å². The topological polar surface area (TPSA) is 20.3 Å². The summed E-state index contributed by atoms with van der Waals surface area (Å²) in [5, 5.41) is 0. The summed E-state index contributed by atoms with van der Waals surface area (Å²) in [5.74, 6) is -0.0128. The van der Waals surface area contributed by atoms with E-state index < -0.39 is 11.7 Å². The molecule has 0 aliphatic rings. The quantitative estimate of drug-likeness (QED) is 0.828. The first-order chi connectivity index (χ1) is 8.18. The first-order valence-corrected chi connectivity index (χ1v) is 5.54. The van der Waals surface area contributed by atoms with Crippen molar-refractivity contribution in [3.63, 3.8) is 0 Å². The minimum atomic E-state index is -4.33. The number of carbonyl (C=O) groups excluding carboxylic acids is 1. The van der Waals surface area contributed by atoms with Gasteiger partial charge in [0, 0.05) is 6.54 Å². The molecule has 0 fully saturated rings. The van der Waals surface area contributed by atoms with E-state index in [9.17, 15) is 18.0 Å². The number of ketones is 1. The highest BCUT2D eigenvalue weighted by atomic mass is 19.4. The lowest BCUT2D eigenvalue weighted by Gasteiger charge is -2.16. The molecule has 0 atom stereocenters. The molecule has 0 radical (unpaired) electrons. The smallest absolute Gasteiger partial charge is 0.299 e. The van der Waals surface area contributed by atoms with Gasteiger partial charge in [-0.3, -0.25) is 9.69 Å². The third kappa shape index (κ3) is 4.49. The van der Waals surface area contributed by atoms with E-state index in [1.165, 1.54) is 6.92 Å². The van der Waals surface area contributed by atoms with E-state index >= 15 is 0 Å². The Labute approximate surface area is 104 Å². The molecule has 0 heterocycles. The van der Waals surface area contributed by atoms with Gasteiger partial charge < -0.3 is 0 Å². The second-order valence-electron chi connectivity index (χ2n) is 4.58. The lowest BCUT2D eigenvalue weighted by Crippen LogP contribution is -2.24. The molecule has 0 N–H and O–H groups in total. The van der Waals surface area contributed by atoms with Crippen LogP contribution < -0.4 is 0 Å². The van der Waals surface area contributed by atoms with Crippen LogP contribution in [0, 0.1) is 6.92 Å². The summed E-state index contributed by atoms with van der Waals surface area (Å²) in [6.45, 7) is 3.64. The zero-order valence-electron chi connectivity index (χ0n) is 10.6. The molecule has 0 bridgehead atoms. The lowest BCUT2D eigenvalue weighted by atomic mass is 10.1. The highest BCUT2D eigenvalue weighted by Gasteiger charge is 2.30. The molecule has 0 saturated heterocycles. The number of aryl methyl sites for hydroxylation is 1. The first-order valence-electron chi connectivity index (χ1n) is 5.54. The van der Waals surface area contributed by atoms with Gasteiger partial charge in [-0.15, -0.1) is 0 Å². The summed E-state index contributed by atoms with van der Waals surface area (Å²) in [7, 11) is 1.71. The standard InChI is InChI=1S/C13H16F3NO/c1-9-4-11(8-17(3)7-10(2)18)6-12(5-9)13(14,15)16/h4-6H,7-8H2,1-3H3. The molecule has 0 aliphatic heterocycles. The lowest BCUT2D eigenvalue weighted by molar-refractivity contribution is -0.137. The van der Waals surface area contributed by atoms with E-state index in [-0.39, 0.29) is 12.3 Å². The molecule has 18 heavy (non-hydrogen) atoms. The predicted octanol–water partition coefficient (Wildman–Crippen LogP) is 3.03. The van der Waals surface area contributed by atoms with E-state index in [1.54, 1.807) is 24.9 Å². The second kappa shape index (κ2) is 5.52. The van der Waals surface area contributed by atoms with E-state index in [1.807, 2.05) is 0 Å². The van der Waals surface area contributed by atoms with Crippen molar-refractivity contribution in [2.45, 2.75) is 26.6 Å². The van der Waals surface area contributed by atoms with Crippen molar-refractivity contribution >= 4 is 5.78 Å². The third-order valence-corrected chi connectivity index (χ3v) is 2.41. The normalized spacial score (nSPS) is 11.9. The summed E-state index contributed by atoms with van der Waals surface area (Å²) in [4.78, 5) is 12.6.